The second kappa shape index (κ2) is 12.4. The second-order valence-corrected chi connectivity index (χ2v) is 8.41. The minimum Gasteiger partial charge on any atom is -0.493 e. The molecule has 0 aromatic heterocycles. The largest absolute Gasteiger partial charge is 0.493 e. The third kappa shape index (κ3) is 6.81. The van der Waals surface area contributed by atoms with E-state index in [1.807, 2.05) is 12.1 Å². The number of rotatable bonds is 10. The molecule has 8 nitrogen and oxygen atoms in total. The van der Waals surface area contributed by atoms with Gasteiger partial charge in [0.2, 0.25) is 0 Å². The van der Waals surface area contributed by atoms with Gasteiger partial charge in [0.25, 0.3) is 0 Å². The van der Waals surface area contributed by atoms with E-state index in [1.165, 1.54) is 33.1 Å². The predicted octanol–water partition coefficient (Wildman–Crippen LogP) is 6.09. The van der Waals surface area contributed by atoms with Gasteiger partial charge in [-0.05, 0) is 60.9 Å². The summed E-state index contributed by atoms with van der Waals surface area (Å²) in [5.41, 5.74) is 2.85. The maximum Gasteiger partial charge on any atom is 0.338 e. The summed E-state index contributed by atoms with van der Waals surface area (Å²) in [4.78, 5) is 36.6. The Kier molecular flexibility index (Phi) is 9.07. The molecule has 3 rings (SSSR count). The maximum absolute atomic E-state index is 12.3. The zero-order valence-corrected chi connectivity index (χ0v) is 22.2. The van der Waals surface area contributed by atoms with Crippen LogP contribution < -0.4 is 23.7 Å². The van der Waals surface area contributed by atoms with Crippen molar-refractivity contribution in [2.45, 2.75) is 13.8 Å². The number of carbonyl (C=O) groups excluding carboxylic acids is 3. The van der Waals surface area contributed by atoms with Gasteiger partial charge in [0, 0.05) is 22.8 Å². The average Bonchev–Trinajstić information content (AvgIpc) is 2.93. The van der Waals surface area contributed by atoms with Gasteiger partial charge in [-0.2, -0.15) is 0 Å². The first-order valence-corrected chi connectivity index (χ1v) is 11.7. The summed E-state index contributed by atoms with van der Waals surface area (Å²) in [5, 5.41) is 0. The topological polar surface area (TPSA) is 97.4 Å². The van der Waals surface area contributed by atoms with E-state index in [2.05, 4.69) is 19.7 Å². The van der Waals surface area contributed by atoms with Crippen LogP contribution >= 0.6 is 0 Å². The molecule has 0 radical (unpaired) electrons. The number of hydrogen-bond acceptors (Lipinski definition) is 8. The maximum atomic E-state index is 12.3. The highest BCUT2D eigenvalue weighted by Crippen LogP contribution is 2.40. The van der Waals surface area contributed by atoms with E-state index in [4.69, 9.17) is 23.7 Å². The number of ether oxygens (including phenoxy) is 5. The molecule has 0 aliphatic rings. The molecule has 0 saturated carbocycles. The third-order valence-corrected chi connectivity index (χ3v) is 5.43. The number of methoxy groups -OCH3 is 2. The van der Waals surface area contributed by atoms with E-state index in [0.717, 1.165) is 17.2 Å². The summed E-state index contributed by atoms with van der Waals surface area (Å²) in [6.45, 7) is 13.6. The van der Waals surface area contributed by atoms with Crippen LogP contribution in [0.2, 0.25) is 0 Å². The Morgan fingerprint density at radius 1 is 0.615 bits per heavy atom. The van der Waals surface area contributed by atoms with Gasteiger partial charge in [-0.1, -0.05) is 44.0 Å². The number of carbonyl (C=O) groups is 3. The highest BCUT2D eigenvalue weighted by atomic mass is 16.6. The van der Waals surface area contributed by atoms with Crippen molar-refractivity contribution in [1.29, 1.82) is 0 Å². The summed E-state index contributed by atoms with van der Waals surface area (Å²) in [6.07, 6.45) is 1.05. The average molecular weight is 529 g/mol. The molecule has 3 aromatic rings. The van der Waals surface area contributed by atoms with Gasteiger partial charge in [0.1, 0.15) is 5.75 Å². The summed E-state index contributed by atoms with van der Waals surface area (Å²) in [7, 11) is 3.09. The molecule has 0 spiro atoms. The molecule has 0 aliphatic heterocycles. The molecule has 0 unspecified atom stereocenters. The number of hydrogen-bond donors (Lipinski definition) is 0. The number of esters is 3. The molecule has 0 N–H and O–H groups in total. The van der Waals surface area contributed by atoms with Crippen LogP contribution in [0.25, 0.3) is 22.3 Å². The van der Waals surface area contributed by atoms with Gasteiger partial charge >= 0.3 is 17.9 Å². The molecule has 200 valence electrons. The van der Waals surface area contributed by atoms with Crippen molar-refractivity contribution in [3.05, 3.63) is 91.6 Å². The standard InChI is InChI=1S/C31H28O8/c1-8-29(32)37-26-15-20(21-10-13-24(35-6)27(16-21)36-7)9-12-23(26)22-11-14-25(38-30(33)18(2)3)28(17-22)39-31(34)19(4)5/h8-17H,1-2,4H2,3,5-7H3. The van der Waals surface area contributed by atoms with E-state index in [0.29, 0.717) is 22.6 Å². The summed E-state index contributed by atoms with van der Waals surface area (Å²) in [6, 6.07) is 15.3. The third-order valence-electron chi connectivity index (χ3n) is 5.43. The van der Waals surface area contributed by atoms with Crippen LogP contribution in [0.5, 0.6) is 28.7 Å². The van der Waals surface area contributed by atoms with E-state index < -0.39 is 17.9 Å². The number of benzene rings is 3. The quantitative estimate of drug-likeness (QED) is 0.177. The van der Waals surface area contributed by atoms with Crippen molar-refractivity contribution in [2.24, 2.45) is 0 Å². The smallest absolute Gasteiger partial charge is 0.338 e. The van der Waals surface area contributed by atoms with Crippen LogP contribution in [0.4, 0.5) is 0 Å². The fourth-order valence-corrected chi connectivity index (χ4v) is 3.40. The van der Waals surface area contributed by atoms with E-state index in [1.54, 1.807) is 37.4 Å². The summed E-state index contributed by atoms with van der Waals surface area (Å²) < 4.78 is 27.1. The summed E-state index contributed by atoms with van der Waals surface area (Å²) >= 11 is 0. The van der Waals surface area contributed by atoms with Crippen LogP contribution in [0, 0.1) is 0 Å². The zero-order chi connectivity index (χ0) is 28.7. The molecule has 0 atom stereocenters. The van der Waals surface area contributed by atoms with Crippen molar-refractivity contribution < 1.29 is 38.1 Å². The molecular formula is C31H28O8. The second-order valence-electron chi connectivity index (χ2n) is 8.41. The van der Waals surface area contributed by atoms with Crippen LogP contribution in [0.3, 0.4) is 0 Å². The molecule has 0 amide bonds. The molecule has 3 aromatic carbocycles. The fourth-order valence-electron chi connectivity index (χ4n) is 3.40. The van der Waals surface area contributed by atoms with E-state index in [-0.39, 0.29) is 28.4 Å². The van der Waals surface area contributed by atoms with Gasteiger partial charge in [0.15, 0.2) is 23.0 Å². The van der Waals surface area contributed by atoms with Crippen molar-refractivity contribution >= 4 is 17.9 Å². The van der Waals surface area contributed by atoms with Crippen LogP contribution in [0.1, 0.15) is 13.8 Å². The van der Waals surface area contributed by atoms with E-state index >= 15 is 0 Å². The first-order chi connectivity index (χ1) is 18.6. The Hall–Kier alpha value is -5.11. The Balaban J connectivity index is 2.14. The Morgan fingerprint density at radius 3 is 1.67 bits per heavy atom. The van der Waals surface area contributed by atoms with Crippen LogP contribution in [-0.2, 0) is 14.4 Å². The van der Waals surface area contributed by atoms with E-state index in [9.17, 15) is 14.4 Å². The van der Waals surface area contributed by atoms with Gasteiger partial charge in [0.05, 0.1) is 14.2 Å². The minimum absolute atomic E-state index is 0.00735. The molecule has 0 aliphatic carbocycles. The minimum atomic E-state index is -0.707. The molecule has 0 heterocycles. The molecule has 8 heteroatoms. The predicted molar refractivity (Wildman–Crippen MR) is 147 cm³/mol. The Bertz CT molecular complexity index is 1480. The highest BCUT2D eigenvalue weighted by Gasteiger charge is 2.19. The molecule has 0 bridgehead atoms. The highest BCUT2D eigenvalue weighted by molar-refractivity contribution is 5.92. The zero-order valence-electron chi connectivity index (χ0n) is 22.2. The lowest BCUT2D eigenvalue weighted by atomic mass is 9.98. The van der Waals surface area contributed by atoms with Crippen molar-refractivity contribution in [2.75, 3.05) is 14.2 Å². The van der Waals surface area contributed by atoms with Gasteiger partial charge in [-0.15, -0.1) is 0 Å². The SMILES string of the molecule is C=CC(=O)Oc1cc(-c2ccc(OC)c(OC)c2)ccc1-c1ccc(OC(=O)C(=C)C)c(OC(=O)C(=C)C)c1. The first-order valence-electron chi connectivity index (χ1n) is 11.7. The van der Waals surface area contributed by atoms with Gasteiger partial charge in [-0.3, -0.25) is 0 Å². The fraction of sp³-hybridized carbons (Fsp3) is 0.129. The van der Waals surface area contributed by atoms with Gasteiger partial charge < -0.3 is 23.7 Å². The molecule has 39 heavy (non-hydrogen) atoms. The molecule has 0 saturated heterocycles. The monoisotopic (exact) mass is 528 g/mol. The Labute approximate surface area is 226 Å². The Morgan fingerprint density at radius 2 is 1.10 bits per heavy atom. The van der Waals surface area contributed by atoms with Crippen LogP contribution in [-0.4, -0.2) is 32.1 Å². The molecule has 0 fully saturated rings. The first kappa shape index (κ1) is 28.5. The lowest BCUT2D eigenvalue weighted by molar-refractivity contribution is -0.132. The van der Waals surface area contributed by atoms with Gasteiger partial charge in [-0.25, -0.2) is 14.4 Å². The lowest BCUT2D eigenvalue weighted by Gasteiger charge is -2.15. The lowest BCUT2D eigenvalue weighted by Crippen LogP contribution is -2.13. The van der Waals surface area contributed by atoms with Crippen molar-refractivity contribution in [3.63, 3.8) is 0 Å². The van der Waals surface area contributed by atoms with Crippen LogP contribution in [0.15, 0.2) is 91.6 Å². The molecular weight excluding hydrogens is 500 g/mol. The summed E-state index contributed by atoms with van der Waals surface area (Å²) in [5.74, 6) is -0.754. The normalized spacial score (nSPS) is 10.2. The van der Waals surface area contributed by atoms with Crippen molar-refractivity contribution in [1.82, 2.24) is 0 Å². The van der Waals surface area contributed by atoms with Crippen molar-refractivity contribution in [3.8, 4) is 51.0 Å².